The van der Waals surface area contributed by atoms with Crippen molar-refractivity contribution in [3.8, 4) is 0 Å². The van der Waals surface area contributed by atoms with E-state index in [9.17, 15) is 13.2 Å². The van der Waals surface area contributed by atoms with Crippen LogP contribution >= 0.6 is 0 Å². The maximum absolute atomic E-state index is 12.1. The molecule has 0 aliphatic heterocycles. The van der Waals surface area contributed by atoms with Crippen LogP contribution in [-0.4, -0.2) is 31.7 Å². The topological polar surface area (TPSA) is 80.5 Å². The van der Waals surface area contributed by atoms with Gasteiger partial charge in [-0.1, -0.05) is 13.8 Å². The van der Waals surface area contributed by atoms with E-state index >= 15 is 0 Å². The molecule has 0 heterocycles. The second kappa shape index (κ2) is 5.29. The van der Waals surface area contributed by atoms with Crippen molar-refractivity contribution in [3.05, 3.63) is 29.8 Å². The summed E-state index contributed by atoms with van der Waals surface area (Å²) in [5.74, 6) is -0.572. The molecule has 6 heteroatoms. The predicted molar refractivity (Wildman–Crippen MR) is 65.1 cm³/mol. The molecule has 0 bridgehead atoms. The third-order valence-electron chi connectivity index (χ3n) is 2.48. The maximum atomic E-state index is 12.1. The first-order chi connectivity index (χ1) is 7.93. The second-order valence-corrected chi connectivity index (χ2v) is 5.42. The lowest BCUT2D eigenvalue weighted by molar-refractivity contribution is 0.1000. The van der Waals surface area contributed by atoms with Gasteiger partial charge in [-0.15, -0.1) is 0 Å². The molecule has 0 saturated heterocycles. The van der Waals surface area contributed by atoms with E-state index in [1.807, 2.05) is 0 Å². The van der Waals surface area contributed by atoms with Crippen LogP contribution in [-0.2, 0) is 10.0 Å². The largest absolute Gasteiger partial charge is 0.366 e. The molecule has 17 heavy (non-hydrogen) atoms. The first-order valence-corrected chi connectivity index (χ1v) is 6.77. The van der Waals surface area contributed by atoms with Crippen molar-refractivity contribution in [2.75, 3.05) is 13.1 Å². The number of benzene rings is 1. The summed E-state index contributed by atoms with van der Waals surface area (Å²) in [5.41, 5.74) is 5.38. The molecule has 0 aromatic heterocycles. The fourth-order valence-electron chi connectivity index (χ4n) is 1.50. The van der Waals surface area contributed by atoms with Gasteiger partial charge in [-0.05, 0) is 24.3 Å². The van der Waals surface area contributed by atoms with E-state index < -0.39 is 15.9 Å². The Morgan fingerprint density at radius 2 is 1.65 bits per heavy atom. The Balaban J connectivity index is 3.12. The Labute approximate surface area is 101 Å². The van der Waals surface area contributed by atoms with Crippen LogP contribution in [0.4, 0.5) is 0 Å². The summed E-state index contributed by atoms with van der Waals surface area (Å²) in [6, 6.07) is 5.62. The van der Waals surface area contributed by atoms with Crippen molar-refractivity contribution in [2.24, 2.45) is 5.73 Å². The number of hydrogen-bond donors (Lipinski definition) is 1. The van der Waals surface area contributed by atoms with Crippen molar-refractivity contribution < 1.29 is 13.2 Å². The summed E-state index contributed by atoms with van der Waals surface area (Å²) < 4.78 is 25.5. The van der Waals surface area contributed by atoms with Gasteiger partial charge in [0.25, 0.3) is 0 Å². The Hall–Kier alpha value is -1.40. The molecule has 0 saturated carbocycles. The molecule has 0 radical (unpaired) electrons. The predicted octanol–water partition coefficient (Wildman–Crippen LogP) is 0.816. The zero-order chi connectivity index (χ0) is 13.1. The molecule has 0 unspecified atom stereocenters. The SMILES string of the molecule is CCN(CC)S(=O)(=O)c1ccc(C(N)=O)cc1. The monoisotopic (exact) mass is 256 g/mol. The molecule has 1 aromatic carbocycles. The van der Waals surface area contributed by atoms with Crippen molar-refractivity contribution in [1.29, 1.82) is 0 Å². The number of sulfonamides is 1. The molecular formula is C11H16N2O3S. The summed E-state index contributed by atoms with van der Waals surface area (Å²) in [7, 11) is -3.46. The quantitative estimate of drug-likeness (QED) is 0.846. The number of nitrogens with zero attached hydrogens (tertiary/aromatic N) is 1. The van der Waals surface area contributed by atoms with Crippen molar-refractivity contribution >= 4 is 15.9 Å². The molecule has 1 rings (SSSR count). The summed E-state index contributed by atoms with van der Waals surface area (Å²) in [6.45, 7) is 4.38. The van der Waals surface area contributed by atoms with E-state index in [0.717, 1.165) is 0 Å². The van der Waals surface area contributed by atoms with E-state index in [2.05, 4.69) is 0 Å². The van der Waals surface area contributed by atoms with E-state index in [1.165, 1.54) is 28.6 Å². The number of rotatable bonds is 5. The third-order valence-corrected chi connectivity index (χ3v) is 4.55. The second-order valence-electron chi connectivity index (χ2n) is 3.48. The van der Waals surface area contributed by atoms with Gasteiger partial charge in [0.1, 0.15) is 0 Å². The minimum absolute atomic E-state index is 0.172. The summed E-state index contributed by atoms with van der Waals surface area (Å²) >= 11 is 0. The highest BCUT2D eigenvalue weighted by molar-refractivity contribution is 7.89. The number of amides is 1. The highest BCUT2D eigenvalue weighted by Gasteiger charge is 2.21. The lowest BCUT2D eigenvalue weighted by Gasteiger charge is -2.18. The number of carbonyl (C=O) groups is 1. The van der Waals surface area contributed by atoms with E-state index in [-0.39, 0.29) is 4.90 Å². The lowest BCUT2D eigenvalue weighted by Crippen LogP contribution is -2.30. The Morgan fingerprint density at radius 3 is 2.00 bits per heavy atom. The molecule has 0 fully saturated rings. The Bertz CT molecular complexity index is 490. The molecule has 94 valence electrons. The summed E-state index contributed by atoms with van der Waals surface area (Å²) in [5, 5.41) is 0. The average Bonchev–Trinajstić information content (AvgIpc) is 2.30. The van der Waals surface area contributed by atoms with Crippen LogP contribution in [0.5, 0.6) is 0 Å². The molecule has 1 amide bonds. The van der Waals surface area contributed by atoms with Crippen LogP contribution < -0.4 is 5.73 Å². The van der Waals surface area contributed by atoms with Crippen LogP contribution in [0, 0.1) is 0 Å². The van der Waals surface area contributed by atoms with Gasteiger partial charge in [-0.3, -0.25) is 4.79 Å². The van der Waals surface area contributed by atoms with Crippen molar-refractivity contribution in [2.45, 2.75) is 18.7 Å². The average molecular weight is 256 g/mol. The fraction of sp³-hybridized carbons (Fsp3) is 0.364. The van der Waals surface area contributed by atoms with Gasteiger partial charge in [0.15, 0.2) is 0 Å². The zero-order valence-electron chi connectivity index (χ0n) is 9.88. The van der Waals surface area contributed by atoms with Crippen LogP contribution in [0.15, 0.2) is 29.2 Å². The van der Waals surface area contributed by atoms with Gasteiger partial charge in [0, 0.05) is 18.7 Å². The van der Waals surface area contributed by atoms with E-state index in [4.69, 9.17) is 5.73 Å². The van der Waals surface area contributed by atoms with Gasteiger partial charge in [-0.25, -0.2) is 8.42 Å². The minimum Gasteiger partial charge on any atom is -0.366 e. The van der Waals surface area contributed by atoms with Gasteiger partial charge in [0.2, 0.25) is 15.9 Å². The lowest BCUT2D eigenvalue weighted by atomic mass is 10.2. The van der Waals surface area contributed by atoms with Crippen molar-refractivity contribution in [3.63, 3.8) is 0 Å². The van der Waals surface area contributed by atoms with Crippen LogP contribution in [0.25, 0.3) is 0 Å². The standard InChI is InChI=1S/C11H16N2O3S/c1-3-13(4-2)17(15,16)10-7-5-9(6-8-10)11(12)14/h5-8H,3-4H2,1-2H3,(H2,12,14). The number of hydrogen-bond acceptors (Lipinski definition) is 3. The van der Waals surface area contributed by atoms with E-state index in [1.54, 1.807) is 13.8 Å². The van der Waals surface area contributed by atoms with Crippen LogP contribution in [0.2, 0.25) is 0 Å². The first kappa shape index (κ1) is 13.7. The molecule has 0 atom stereocenters. The molecule has 0 aliphatic rings. The van der Waals surface area contributed by atoms with Gasteiger partial charge >= 0.3 is 0 Å². The highest BCUT2D eigenvalue weighted by atomic mass is 32.2. The molecule has 5 nitrogen and oxygen atoms in total. The molecular weight excluding hydrogens is 240 g/mol. The molecule has 1 aromatic rings. The van der Waals surface area contributed by atoms with Gasteiger partial charge in [-0.2, -0.15) is 4.31 Å². The fourth-order valence-corrected chi connectivity index (χ4v) is 2.96. The smallest absolute Gasteiger partial charge is 0.248 e. The van der Waals surface area contributed by atoms with Crippen LogP contribution in [0.3, 0.4) is 0 Å². The van der Waals surface area contributed by atoms with E-state index in [0.29, 0.717) is 18.7 Å². The maximum Gasteiger partial charge on any atom is 0.248 e. The highest BCUT2D eigenvalue weighted by Crippen LogP contribution is 2.15. The number of carbonyl (C=O) groups excluding carboxylic acids is 1. The van der Waals surface area contributed by atoms with Gasteiger partial charge < -0.3 is 5.73 Å². The molecule has 0 aliphatic carbocycles. The third kappa shape index (κ3) is 2.83. The first-order valence-electron chi connectivity index (χ1n) is 5.33. The zero-order valence-corrected chi connectivity index (χ0v) is 10.7. The Kier molecular flexibility index (Phi) is 4.25. The van der Waals surface area contributed by atoms with Crippen LogP contribution in [0.1, 0.15) is 24.2 Å². The summed E-state index contributed by atoms with van der Waals surface area (Å²) in [6.07, 6.45) is 0. The normalized spacial score (nSPS) is 11.7. The minimum atomic E-state index is -3.46. The Morgan fingerprint density at radius 1 is 1.18 bits per heavy atom. The number of primary amides is 1. The van der Waals surface area contributed by atoms with Gasteiger partial charge in [0.05, 0.1) is 4.90 Å². The van der Waals surface area contributed by atoms with Crippen molar-refractivity contribution in [1.82, 2.24) is 4.31 Å². The molecule has 0 spiro atoms. The number of nitrogens with two attached hydrogens (primary N) is 1. The summed E-state index contributed by atoms with van der Waals surface area (Å²) in [4.78, 5) is 11.0. The molecule has 2 N–H and O–H groups in total.